The molecule has 1 spiro atoms. The van der Waals surface area contributed by atoms with Gasteiger partial charge in [-0.2, -0.15) is 0 Å². The number of rotatable bonds is 2. The third kappa shape index (κ3) is 4.60. The lowest BCUT2D eigenvalue weighted by Gasteiger charge is -2.48. The number of anilines is 2. The Balaban J connectivity index is 0.000000140. The second-order valence-corrected chi connectivity index (χ2v) is 10.3. The number of H-pyrrole nitrogens is 1. The number of hydrogen-bond acceptors (Lipinski definition) is 8. The van der Waals surface area contributed by atoms with Crippen molar-refractivity contribution >= 4 is 45.2 Å². The molecule has 0 aliphatic carbocycles. The van der Waals surface area contributed by atoms with Crippen molar-refractivity contribution in [2.75, 3.05) is 55.8 Å². The summed E-state index contributed by atoms with van der Waals surface area (Å²) in [5.41, 5.74) is 3.35. The summed E-state index contributed by atoms with van der Waals surface area (Å²) < 4.78 is 16.9. The van der Waals surface area contributed by atoms with Crippen molar-refractivity contribution in [3.63, 3.8) is 0 Å². The van der Waals surface area contributed by atoms with E-state index in [-0.39, 0.29) is 11.2 Å². The summed E-state index contributed by atoms with van der Waals surface area (Å²) in [6.07, 6.45) is 9.31. The molecule has 10 heteroatoms. The fourth-order valence-electron chi connectivity index (χ4n) is 5.20. The van der Waals surface area contributed by atoms with Crippen LogP contribution in [0.15, 0.2) is 39.7 Å². The van der Waals surface area contributed by atoms with Crippen LogP contribution in [-0.4, -0.2) is 66.6 Å². The van der Waals surface area contributed by atoms with E-state index in [1.54, 1.807) is 12.3 Å². The maximum absolute atomic E-state index is 11.9. The number of aromatic amines is 1. The van der Waals surface area contributed by atoms with Gasteiger partial charge in [-0.15, -0.1) is 6.42 Å². The first-order chi connectivity index (χ1) is 18.4. The molecule has 3 aliphatic rings. The van der Waals surface area contributed by atoms with Gasteiger partial charge >= 0.3 is 0 Å². The molecule has 6 heterocycles. The molecule has 0 saturated carbocycles. The molecule has 1 aromatic carbocycles. The van der Waals surface area contributed by atoms with Gasteiger partial charge in [0.15, 0.2) is 11.4 Å². The highest BCUT2D eigenvalue weighted by Gasteiger charge is 2.44. The normalized spacial score (nSPS) is 18.3. The Morgan fingerprint density at radius 3 is 2.68 bits per heavy atom. The van der Waals surface area contributed by atoms with Crippen LogP contribution >= 0.6 is 11.6 Å². The molecule has 38 heavy (non-hydrogen) atoms. The molecule has 0 bridgehead atoms. The minimum Gasteiger partial charge on any atom is -0.450 e. The molecule has 7 rings (SSSR count). The van der Waals surface area contributed by atoms with Gasteiger partial charge in [0.05, 0.1) is 26.4 Å². The lowest BCUT2D eigenvalue weighted by atomic mass is 9.99. The Hall–Kier alpha value is -3.58. The van der Waals surface area contributed by atoms with Gasteiger partial charge in [0.2, 0.25) is 0 Å². The second kappa shape index (κ2) is 9.95. The number of hydrogen-bond donors (Lipinski definition) is 1. The first kappa shape index (κ1) is 24.7. The minimum absolute atomic E-state index is 0.119. The van der Waals surface area contributed by atoms with E-state index in [0.29, 0.717) is 49.2 Å². The average molecular weight is 534 g/mol. The molecule has 0 atom stereocenters. The number of nitrogens with one attached hydrogen (secondary N) is 1. The number of benzene rings is 1. The van der Waals surface area contributed by atoms with Crippen molar-refractivity contribution in [2.45, 2.75) is 25.4 Å². The number of furan rings is 1. The number of aromatic nitrogens is 3. The maximum atomic E-state index is 11.9. The van der Waals surface area contributed by atoms with Crippen molar-refractivity contribution in [1.82, 2.24) is 15.0 Å². The fourth-order valence-corrected chi connectivity index (χ4v) is 5.36. The predicted octanol–water partition coefficient (Wildman–Crippen LogP) is 3.90. The highest BCUT2D eigenvalue weighted by atomic mass is 35.5. The Labute approximate surface area is 224 Å². The number of fused-ring (bicyclic) bond motifs is 3. The Bertz CT molecular complexity index is 1600. The molecule has 3 fully saturated rings. The van der Waals surface area contributed by atoms with E-state index in [9.17, 15) is 4.79 Å². The van der Waals surface area contributed by atoms with Gasteiger partial charge in [-0.25, -0.2) is 9.97 Å². The Kier molecular flexibility index (Phi) is 6.48. The summed E-state index contributed by atoms with van der Waals surface area (Å²) in [5, 5.41) is 1.67. The largest absolute Gasteiger partial charge is 0.450 e. The molecule has 0 unspecified atom stereocenters. The molecule has 9 nitrogen and oxygen atoms in total. The highest BCUT2D eigenvalue weighted by molar-refractivity contribution is 6.31. The standard InChI is InChI=1S/C15H14ClN3O.C13H14N2O3/c1-9-17-13-11-5-4-10(16)8-12(11)20-14(13)15(18-9)19-6-2-3-7-19;1-2-10-5-11(12(16)14-6-10)15-3-4-18-13(7-15)8-17-9-13/h4-5,8H,2-3,6-7H2,1H3;1,5-6H,3-4,7-9H2,(H,14,16). The van der Waals surface area contributed by atoms with Crippen LogP contribution in [-0.2, 0) is 9.47 Å². The van der Waals surface area contributed by atoms with Gasteiger partial charge in [0.25, 0.3) is 5.56 Å². The van der Waals surface area contributed by atoms with Crippen LogP contribution in [0.5, 0.6) is 0 Å². The number of nitrogens with zero attached hydrogens (tertiary/aromatic N) is 4. The smallest absolute Gasteiger partial charge is 0.271 e. The van der Waals surface area contributed by atoms with E-state index in [4.69, 9.17) is 31.9 Å². The first-order valence-corrected chi connectivity index (χ1v) is 13.1. The second-order valence-electron chi connectivity index (χ2n) is 9.90. The fraction of sp³-hybridized carbons (Fsp3) is 0.393. The van der Waals surface area contributed by atoms with Crippen molar-refractivity contribution in [1.29, 1.82) is 0 Å². The third-order valence-electron chi connectivity index (χ3n) is 7.15. The van der Waals surface area contributed by atoms with Crippen LogP contribution in [0.2, 0.25) is 5.02 Å². The maximum Gasteiger partial charge on any atom is 0.271 e. The van der Waals surface area contributed by atoms with E-state index in [2.05, 4.69) is 25.8 Å². The van der Waals surface area contributed by atoms with Crippen molar-refractivity contribution in [2.24, 2.45) is 0 Å². The van der Waals surface area contributed by atoms with Crippen molar-refractivity contribution < 1.29 is 13.9 Å². The number of ether oxygens (including phenoxy) is 2. The zero-order chi connectivity index (χ0) is 26.3. The summed E-state index contributed by atoms with van der Waals surface area (Å²) in [5.74, 6) is 4.22. The summed E-state index contributed by atoms with van der Waals surface area (Å²) >= 11 is 6.04. The first-order valence-electron chi connectivity index (χ1n) is 12.7. The van der Waals surface area contributed by atoms with E-state index in [0.717, 1.165) is 46.8 Å². The van der Waals surface area contributed by atoms with Gasteiger partial charge in [-0.1, -0.05) is 17.5 Å². The van der Waals surface area contributed by atoms with Crippen LogP contribution in [0.1, 0.15) is 24.2 Å². The average Bonchev–Trinajstić information content (AvgIpc) is 3.56. The molecular formula is C28H28ClN5O4. The zero-order valence-corrected chi connectivity index (χ0v) is 21.9. The predicted molar refractivity (Wildman–Crippen MR) is 147 cm³/mol. The monoisotopic (exact) mass is 533 g/mol. The molecule has 196 valence electrons. The Morgan fingerprint density at radius 1 is 1.13 bits per heavy atom. The minimum atomic E-state index is -0.239. The van der Waals surface area contributed by atoms with E-state index in [1.807, 2.05) is 30.0 Å². The molecule has 0 amide bonds. The molecule has 3 aromatic heterocycles. The van der Waals surface area contributed by atoms with Gasteiger partial charge in [0.1, 0.15) is 28.2 Å². The van der Waals surface area contributed by atoms with Crippen molar-refractivity contribution in [3.8, 4) is 12.3 Å². The molecule has 3 saturated heterocycles. The highest BCUT2D eigenvalue weighted by Crippen LogP contribution is 2.35. The van der Waals surface area contributed by atoms with Gasteiger partial charge in [0, 0.05) is 47.9 Å². The number of morpholine rings is 1. The van der Waals surface area contributed by atoms with Crippen LogP contribution < -0.4 is 15.4 Å². The molecule has 0 radical (unpaired) electrons. The van der Waals surface area contributed by atoms with Crippen LogP contribution in [0.25, 0.3) is 22.1 Å². The summed E-state index contributed by atoms with van der Waals surface area (Å²) in [6, 6.07) is 7.41. The van der Waals surface area contributed by atoms with Crippen LogP contribution in [0.3, 0.4) is 0 Å². The lowest BCUT2D eigenvalue weighted by molar-refractivity contribution is -0.211. The van der Waals surface area contributed by atoms with Gasteiger partial charge < -0.3 is 28.7 Å². The molecule has 4 aromatic rings. The molecule has 1 N–H and O–H groups in total. The van der Waals surface area contributed by atoms with Gasteiger partial charge in [-0.05, 0) is 38.0 Å². The quantitative estimate of drug-likeness (QED) is 0.388. The number of terminal acetylenes is 1. The summed E-state index contributed by atoms with van der Waals surface area (Å²) in [6.45, 7) is 7.14. The Morgan fingerprint density at radius 2 is 1.95 bits per heavy atom. The number of pyridine rings is 1. The third-order valence-corrected chi connectivity index (χ3v) is 7.38. The topological polar surface area (TPSA) is 96.7 Å². The number of halogens is 1. The molecular weight excluding hydrogens is 506 g/mol. The van der Waals surface area contributed by atoms with E-state index >= 15 is 0 Å². The van der Waals surface area contributed by atoms with E-state index < -0.39 is 0 Å². The van der Waals surface area contributed by atoms with Gasteiger partial charge in [-0.3, -0.25) is 4.79 Å². The summed E-state index contributed by atoms with van der Waals surface area (Å²) in [4.78, 5) is 28.0. The van der Waals surface area contributed by atoms with E-state index in [1.165, 1.54) is 12.8 Å². The molecule has 3 aliphatic heterocycles. The van der Waals surface area contributed by atoms with Crippen LogP contribution in [0, 0.1) is 19.3 Å². The van der Waals surface area contributed by atoms with Crippen molar-refractivity contribution in [3.05, 3.63) is 57.2 Å². The lowest BCUT2D eigenvalue weighted by Crippen LogP contribution is -2.63. The van der Waals surface area contributed by atoms with Crippen LogP contribution in [0.4, 0.5) is 11.5 Å². The SMILES string of the molecule is C#Cc1c[nH]c(=O)c(N2CCOC3(COC3)C2)c1.Cc1nc(N2CCCC2)c2oc3cc(Cl)ccc3c2n1. The zero-order valence-electron chi connectivity index (χ0n) is 21.1. The number of aryl methyl sites for hydroxylation is 1. The summed E-state index contributed by atoms with van der Waals surface area (Å²) in [7, 11) is 0.